The molecule has 0 aromatic heterocycles. The van der Waals surface area contributed by atoms with Crippen LogP contribution < -0.4 is 21.3 Å². The van der Waals surface area contributed by atoms with Gasteiger partial charge in [-0.15, -0.1) is 0 Å². The van der Waals surface area contributed by atoms with Crippen molar-refractivity contribution in [3.05, 3.63) is 47.5 Å². The summed E-state index contributed by atoms with van der Waals surface area (Å²) in [6.45, 7) is 1.15. The second-order valence-electron chi connectivity index (χ2n) is 11.5. The van der Waals surface area contributed by atoms with E-state index in [-0.39, 0.29) is 53.5 Å². The second kappa shape index (κ2) is 17.5. The summed E-state index contributed by atoms with van der Waals surface area (Å²) >= 11 is 0. The van der Waals surface area contributed by atoms with Crippen LogP contribution in [0, 0.1) is 0 Å². The fraction of sp³-hybridized carbons (Fsp3) is 0.455. The Labute approximate surface area is 272 Å². The number of hydrogen-bond donors (Lipinski definition) is 7. The van der Waals surface area contributed by atoms with Crippen LogP contribution in [0.5, 0.6) is 11.5 Å². The third-order valence-corrected chi connectivity index (χ3v) is 7.83. The normalized spacial score (nSPS) is 16.2. The summed E-state index contributed by atoms with van der Waals surface area (Å²) < 4.78 is 0. The quantitative estimate of drug-likeness (QED) is 0.156. The fourth-order valence-corrected chi connectivity index (χ4v) is 5.19. The minimum absolute atomic E-state index is 0.0567. The van der Waals surface area contributed by atoms with Gasteiger partial charge in [0.05, 0.1) is 13.1 Å². The van der Waals surface area contributed by atoms with Crippen LogP contribution in [0.25, 0.3) is 11.1 Å². The molecule has 2 atom stereocenters. The number of aliphatic carboxylic acids is 1. The number of nitrogens with one attached hydrogen (secondary N) is 4. The van der Waals surface area contributed by atoms with Crippen LogP contribution in [0.1, 0.15) is 69.0 Å². The molecule has 0 saturated heterocycles. The van der Waals surface area contributed by atoms with Crippen LogP contribution in [0.3, 0.4) is 0 Å². The number of carboxylic acids is 1. The van der Waals surface area contributed by atoms with Crippen LogP contribution in [0.15, 0.2) is 36.4 Å². The Morgan fingerprint density at radius 3 is 2.26 bits per heavy atom. The molecule has 7 N–H and O–H groups in total. The van der Waals surface area contributed by atoms with Crippen molar-refractivity contribution in [1.82, 2.24) is 26.2 Å². The number of rotatable bonds is 13. The number of phenolic OH excluding ortho intramolecular Hbond substituents is 2. The van der Waals surface area contributed by atoms with Crippen molar-refractivity contribution in [1.29, 1.82) is 0 Å². The molecule has 1 unspecified atom stereocenters. The Balaban J connectivity index is 1.75. The van der Waals surface area contributed by atoms with Gasteiger partial charge in [-0.3, -0.25) is 24.0 Å². The summed E-state index contributed by atoms with van der Waals surface area (Å²) in [5, 5.41) is 40.9. The first-order valence-corrected chi connectivity index (χ1v) is 15.6. The lowest BCUT2D eigenvalue weighted by molar-refractivity contribution is -0.142. The zero-order valence-electron chi connectivity index (χ0n) is 26.6. The molecule has 254 valence electrons. The van der Waals surface area contributed by atoms with E-state index in [0.717, 1.165) is 37.0 Å². The average molecular weight is 654 g/mol. The number of phenols is 2. The van der Waals surface area contributed by atoms with Gasteiger partial charge in [-0.2, -0.15) is 0 Å². The molecule has 4 bridgehead atoms. The highest BCUT2D eigenvalue weighted by molar-refractivity contribution is 5.94. The predicted octanol–water partition coefficient (Wildman–Crippen LogP) is 1.49. The molecule has 0 radical (unpaired) electrons. The van der Waals surface area contributed by atoms with E-state index in [1.165, 1.54) is 43.4 Å². The van der Waals surface area contributed by atoms with Gasteiger partial charge in [-0.1, -0.05) is 44.7 Å². The number of fused-ring (bicyclic) bond motifs is 5. The van der Waals surface area contributed by atoms with Crippen molar-refractivity contribution >= 4 is 35.5 Å². The molecule has 1 heterocycles. The highest BCUT2D eigenvalue weighted by atomic mass is 16.4. The molecule has 1 aliphatic heterocycles. The number of carbonyl (C=O) groups excluding carboxylic acids is 5. The number of unbranched alkanes of at least 4 members (excludes halogenated alkanes) is 4. The molecule has 47 heavy (non-hydrogen) atoms. The van der Waals surface area contributed by atoms with Crippen LogP contribution in [-0.2, 0) is 35.2 Å². The molecule has 2 aromatic carbocycles. The summed E-state index contributed by atoms with van der Waals surface area (Å²) in [6, 6.07) is 5.68. The van der Waals surface area contributed by atoms with Crippen molar-refractivity contribution in [2.75, 3.05) is 26.7 Å². The number of likely N-dealkylation sites (N-methyl/N-ethyl adjacent to an activating group) is 1. The third-order valence-electron chi connectivity index (χ3n) is 7.83. The number of benzene rings is 2. The Bertz CT molecular complexity index is 1480. The highest BCUT2D eigenvalue weighted by Crippen LogP contribution is 2.38. The zero-order chi connectivity index (χ0) is 34.5. The van der Waals surface area contributed by atoms with E-state index in [9.17, 15) is 44.1 Å². The van der Waals surface area contributed by atoms with Gasteiger partial charge in [0.15, 0.2) is 0 Å². The van der Waals surface area contributed by atoms with E-state index in [2.05, 4.69) is 28.2 Å². The maximum Gasteiger partial charge on any atom is 0.326 e. The van der Waals surface area contributed by atoms with E-state index >= 15 is 0 Å². The predicted molar refractivity (Wildman–Crippen MR) is 171 cm³/mol. The minimum atomic E-state index is -1.35. The standard InChI is InChI=1S/C33H43N5O9/c1-3-4-5-6-7-8-27(41)34-14-13-28(42)35-19-30(44)38(2)31-21-10-12-26(40)23(17-21)22-15-20(9-11-25(22)39)16-24(33(46)47)37-29(43)18-36-32(31)45/h9-12,15,17,24,31,39-40H,3-8,13-14,16,18-19H2,1-2H3,(H,34,41)(H,35,42)(H,36,45)(H,37,43)(H,46,47)/t24-,31?/m0/s1. The van der Waals surface area contributed by atoms with E-state index in [1.54, 1.807) is 0 Å². The highest BCUT2D eigenvalue weighted by Gasteiger charge is 2.31. The van der Waals surface area contributed by atoms with E-state index in [0.29, 0.717) is 12.0 Å². The van der Waals surface area contributed by atoms with Crippen molar-refractivity contribution in [3.8, 4) is 22.6 Å². The van der Waals surface area contributed by atoms with Gasteiger partial charge in [-0.25, -0.2) is 4.79 Å². The van der Waals surface area contributed by atoms with Crippen LogP contribution in [-0.4, -0.2) is 88.4 Å². The van der Waals surface area contributed by atoms with Crippen molar-refractivity contribution in [2.45, 2.75) is 70.4 Å². The number of carboxylic acid groups (broad SMARTS) is 1. The Morgan fingerprint density at radius 2 is 1.55 bits per heavy atom. The van der Waals surface area contributed by atoms with Crippen LogP contribution >= 0.6 is 0 Å². The van der Waals surface area contributed by atoms with Crippen LogP contribution in [0.2, 0.25) is 0 Å². The number of hydrogen-bond acceptors (Lipinski definition) is 8. The van der Waals surface area contributed by atoms with Gasteiger partial charge in [-0.05, 0) is 41.8 Å². The monoisotopic (exact) mass is 653 g/mol. The summed E-state index contributed by atoms with van der Waals surface area (Å²) in [6.07, 6.45) is 5.24. The first-order chi connectivity index (χ1) is 22.4. The van der Waals surface area contributed by atoms with Crippen LogP contribution in [0.4, 0.5) is 0 Å². The first-order valence-electron chi connectivity index (χ1n) is 15.6. The Kier molecular flexibility index (Phi) is 13.5. The summed E-state index contributed by atoms with van der Waals surface area (Å²) in [5.41, 5.74) is 0.918. The lowest BCUT2D eigenvalue weighted by Crippen LogP contribution is -2.49. The number of aromatic hydroxyl groups is 2. The van der Waals surface area contributed by atoms with Gasteiger partial charge in [0.2, 0.25) is 29.5 Å². The van der Waals surface area contributed by atoms with Gasteiger partial charge in [0.1, 0.15) is 23.6 Å². The molecule has 14 nitrogen and oxygen atoms in total. The molecule has 2 aromatic rings. The average Bonchev–Trinajstić information content (AvgIpc) is 3.03. The summed E-state index contributed by atoms with van der Waals surface area (Å²) in [5.74, 6) is -4.67. The van der Waals surface area contributed by atoms with E-state index in [1.807, 2.05) is 0 Å². The van der Waals surface area contributed by atoms with Crippen molar-refractivity contribution < 1.29 is 44.1 Å². The summed E-state index contributed by atoms with van der Waals surface area (Å²) in [7, 11) is 1.33. The van der Waals surface area contributed by atoms with Gasteiger partial charge < -0.3 is 41.5 Å². The van der Waals surface area contributed by atoms with Crippen molar-refractivity contribution in [2.24, 2.45) is 0 Å². The third kappa shape index (κ3) is 10.7. The maximum atomic E-state index is 13.5. The topological polar surface area (TPSA) is 214 Å². The van der Waals surface area contributed by atoms with E-state index < -0.39 is 54.8 Å². The Morgan fingerprint density at radius 1 is 0.894 bits per heavy atom. The van der Waals surface area contributed by atoms with E-state index in [4.69, 9.17) is 0 Å². The SMILES string of the molecule is CCCCCCCC(=O)NCCC(=O)NCC(=O)N(C)C1C(=O)NCC(=O)N[C@H](C(=O)O)Cc2ccc(O)c(c2)-c2cc1ccc2O. The smallest absolute Gasteiger partial charge is 0.326 e. The first kappa shape index (κ1) is 36.3. The maximum absolute atomic E-state index is 13.5. The number of carbonyl (C=O) groups is 6. The largest absolute Gasteiger partial charge is 0.507 e. The van der Waals surface area contributed by atoms with Gasteiger partial charge in [0.25, 0.3) is 0 Å². The molecule has 5 amide bonds. The van der Waals surface area contributed by atoms with Gasteiger partial charge in [0, 0.05) is 44.0 Å². The lowest BCUT2D eigenvalue weighted by Gasteiger charge is -2.28. The molecule has 0 aliphatic carbocycles. The lowest BCUT2D eigenvalue weighted by atomic mass is 9.94. The zero-order valence-corrected chi connectivity index (χ0v) is 26.6. The fourth-order valence-electron chi connectivity index (χ4n) is 5.19. The molecular weight excluding hydrogens is 610 g/mol. The van der Waals surface area contributed by atoms with Crippen molar-refractivity contribution in [3.63, 3.8) is 0 Å². The molecular formula is C33H43N5O9. The second-order valence-corrected chi connectivity index (χ2v) is 11.5. The molecule has 0 saturated carbocycles. The number of amides is 5. The minimum Gasteiger partial charge on any atom is -0.507 e. The molecule has 14 heteroatoms. The number of nitrogens with zero attached hydrogens (tertiary/aromatic N) is 1. The summed E-state index contributed by atoms with van der Waals surface area (Å²) in [4.78, 5) is 76.6. The molecule has 0 fully saturated rings. The van der Waals surface area contributed by atoms with Gasteiger partial charge >= 0.3 is 5.97 Å². The molecule has 1 aliphatic rings. The molecule has 0 spiro atoms. The molecule has 3 rings (SSSR count). The Hall–Kier alpha value is -5.14.